The Kier molecular flexibility index (Phi) is 7.32. The van der Waals surface area contributed by atoms with Gasteiger partial charge in [0.25, 0.3) is 0 Å². The molecule has 0 saturated carbocycles. The molecule has 0 aliphatic rings. The maximum atomic E-state index is 13.0. The predicted molar refractivity (Wildman–Crippen MR) is 110 cm³/mol. The van der Waals surface area contributed by atoms with Gasteiger partial charge >= 0.3 is 0 Å². The second kappa shape index (κ2) is 9.30. The summed E-state index contributed by atoms with van der Waals surface area (Å²) in [7, 11) is -2.14. The Hall–Kier alpha value is -2.25. The number of aryl methyl sites for hydroxylation is 2. The van der Waals surface area contributed by atoms with Crippen LogP contribution >= 0.6 is 0 Å². The SMILES string of the molecule is CCOc1ccc(C(C)NS(=O)(=O)c2cc(C)c(OC)cc2C)cc1OCC. The van der Waals surface area contributed by atoms with Gasteiger partial charge in [-0.25, -0.2) is 13.1 Å². The zero-order valence-electron chi connectivity index (χ0n) is 17.3. The summed E-state index contributed by atoms with van der Waals surface area (Å²) in [5, 5.41) is 0. The first kappa shape index (κ1) is 22.0. The van der Waals surface area contributed by atoms with E-state index >= 15 is 0 Å². The van der Waals surface area contributed by atoms with E-state index in [1.54, 1.807) is 39.2 Å². The lowest BCUT2D eigenvalue weighted by atomic mass is 10.1. The molecule has 0 saturated heterocycles. The molecule has 28 heavy (non-hydrogen) atoms. The first-order valence-electron chi connectivity index (χ1n) is 9.30. The number of methoxy groups -OCH3 is 1. The second-order valence-corrected chi connectivity index (χ2v) is 8.18. The highest BCUT2D eigenvalue weighted by Crippen LogP contribution is 2.32. The van der Waals surface area contributed by atoms with Gasteiger partial charge in [-0.05, 0) is 75.6 Å². The van der Waals surface area contributed by atoms with Gasteiger partial charge in [0.2, 0.25) is 10.0 Å². The Bertz CT molecular complexity index is 925. The lowest BCUT2D eigenvalue weighted by Crippen LogP contribution is -2.27. The second-order valence-electron chi connectivity index (χ2n) is 6.50. The van der Waals surface area contributed by atoms with E-state index in [0.29, 0.717) is 36.0 Å². The fourth-order valence-electron chi connectivity index (χ4n) is 2.97. The van der Waals surface area contributed by atoms with Crippen LogP contribution in [0, 0.1) is 13.8 Å². The third-order valence-electron chi connectivity index (χ3n) is 4.38. The fraction of sp³-hybridized carbons (Fsp3) is 0.429. The fourth-order valence-corrected chi connectivity index (χ4v) is 4.52. The lowest BCUT2D eigenvalue weighted by Gasteiger charge is -2.19. The van der Waals surface area contributed by atoms with Crippen LogP contribution in [0.5, 0.6) is 17.2 Å². The van der Waals surface area contributed by atoms with Crippen LogP contribution in [0.1, 0.15) is 43.5 Å². The van der Waals surface area contributed by atoms with Gasteiger partial charge in [0.15, 0.2) is 11.5 Å². The van der Waals surface area contributed by atoms with Crippen molar-refractivity contribution >= 4 is 10.0 Å². The predicted octanol–water partition coefficient (Wildman–Crippen LogP) is 4.15. The van der Waals surface area contributed by atoms with Crippen LogP contribution in [-0.4, -0.2) is 28.7 Å². The molecule has 1 unspecified atom stereocenters. The maximum absolute atomic E-state index is 13.0. The van der Waals surface area contributed by atoms with E-state index in [2.05, 4.69) is 4.72 Å². The minimum atomic E-state index is -3.71. The average molecular weight is 408 g/mol. The molecule has 0 heterocycles. The molecule has 2 rings (SSSR count). The van der Waals surface area contributed by atoms with Crippen LogP contribution in [0.15, 0.2) is 35.2 Å². The van der Waals surface area contributed by atoms with Gasteiger partial charge < -0.3 is 14.2 Å². The van der Waals surface area contributed by atoms with Crippen molar-refractivity contribution in [1.29, 1.82) is 0 Å². The number of sulfonamides is 1. The summed E-state index contributed by atoms with van der Waals surface area (Å²) in [6, 6.07) is 8.38. The van der Waals surface area contributed by atoms with Crippen LogP contribution in [0.4, 0.5) is 0 Å². The zero-order chi connectivity index (χ0) is 20.9. The normalized spacial score (nSPS) is 12.5. The van der Waals surface area contributed by atoms with Crippen molar-refractivity contribution in [2.75, 3.05) is 20.3 Å². The number of nitrogens with one attached hydrogen (secondary N) is 1. The van der Waals surface area contributed by atoms with Crippen molar-refractivity contribution in [2.24, 2.45) is 0 Å². The molecule has 1 N–H and O–H groups in total. The van der Waals surface area contributed by atoms with E-state index < -0.39 is 16.1 Å². The highest BCUT2D eigenvalue weighted by Gasteiger charge is 2.22. The van der Waals surface area contributed by atoms with Crippen LogP contribution < -0.4 is 18.9 Å². The third-order valence-corrected chi connectivity index (χ3v) is 6.06. The summed E-state index contributed by atoms with van der Waals surface area (Å²) in [4.78, 5) is 0.244. The number of rotatable bonds is 9. The summed E-state index contributed by atoms with van der Waals surface area (Å²) in [6.45, 7) is 10.2. The van der Waals surface area contributed by atoms with Gasteiger partial charge in [0.05, 0.1) is 25.2 Å². The molecule has 154 valence electrons. The first-order chi connectivity index (χ1) is 13.2. The van der Waals surface area contributed by atoms with Gasteiger partial charge in [0, 0.05) is 6.04 Å². The molecule has 0 radical (unpaired) electrons. The molecule has 2 aromatic carbocycles. The molecular formula is C21H29NO5S. The first-order valence-corrected chi connectivity index (χ1v) is 10.8. The van der Waals surface area contributed by atoms with Gasteiger partial charge in [-0.3, -0.25) is 0 Å². The van der Waals surface area contributed by atoms with E-state index in [1.165, 1.54) is 0 Å². The van der Waals surface area contributed by atoms with Crippen molar-refractivity contribution in [3.63, 3.8) is 0 Å². The molecule has 0 aliphatic carbocycles. The van der Waals surface area contributed by atoms with Gasteiger partial charge in [-0.15, -0.1) is 0 Å². The van der Waals surface area contributed by atoms with Gasteiger partial charge in [0.1, 0.15) is 5.75 Å². The van der Waals surface area contributed by atoms with Crippen molar-refractivity contribution in [3.05, 3.63) is 47.0 Å². The van der Waals surface area contributed by atoms with E-state index in [1.807, 2.05) is 32.9 Å². The third kappa shape index (κ3) is 4.97. The monoisotopic (exact) mass is 407 g/mol. The molecule has 6 nitrogen and oxygen atoms in total. The van der Waals surface area contributed by atoms with Crippen LogP contribution in [0.3, 0.4) is 0 Å². The Balaban J connectivity index is 2.32. The summed E-state index contributed by atoms with van der Waals surface area (Å²) in [5.74, 6) is 1.91. The Morgan fingerprint density at radius 2 is 1.57 bits per heavy atom. The smallest absolute Gasteiger partial charge is 0.241 e. The maximum Gasteiger partial charge on any atom is 0.241 e. The molecular weight excluding hydrogens is 378 g/mol. The summed E-state index contributed by atoms with van der Waals surface area (Å²) < 4.78 is 45.2. The van der Waals surface area contributed by atoms with Crippen molar-refractivity contribution < 1.29 is 22.6 Å². The summed E-state index contributed by atoms with van der Waals surface area (Å²) in [5.41, 5.74) is 2.18. The molecule has 0 spiro atoms. The number of hydrogen-bond acceptors (Lipinski definition) is 5. The van der Waals surface area contributed by atoms with Gasteiger partial charge in [-0.2, -0.15) is 0 Å². The molecule has 0 fully saturated rings. The van der Waals surface area contributed by atoms with Crippen LogP contribution in [0.2, 0.25) is 0 Å². The molecule has 0 bridgehead atoms. The number of hydrogen-bond donors (Lipinski definition) is 1. The van der Waals surface area contributed by atoms with Crippen LogP contribution in [-0.2, 0) is 10.0 Å². The zero-order valence-corrected chi connectivity index (χ0v) is 18.1. The number of ether oxygens (including phenoxy) is 3. The summed E-state index contributed by atoms with van der Waals surface area (Å²) >= 11 is 0. The minimum Gasteiger partial charge on any atom is -0.496 e. The van der Waals surface area contributed by atoms with Gasteiger partial charge in [-0.1, -0.05) is 6.07 Å². The average Bonchev–Trinajstić information content (AvgIpc) is 2.64. The molecule has 7 heteroatoms. The molecule has 0 aromatic heterocycles. The molecule has 0 amide bonds. The van der Waals surface area contributed by atoms with Crippen LogP contribution in [0.25, 0.3) is 0 Å². The van der Waals surface area contributed by atoms with E-state index in [0.717, 1.165) is 11.1 Å². The molecule has 2 aromatic rings. The Morgan fingerprint density at radius 3 is 2.18 bits per heavy atom. The topological polar surface area (TPSA) is 73.9 Å². The van der Waals surface area contributed by atoms with E-state index in [9.17, 15) is 8.42 Å². The highest BCUT2D eigenvalue weighted by molar-refractivity contribution is 7.89. The Labute approximate surface area is 167 Å². The van der Waals surface area contributed by atoms with E-state index in [-0.39, 0.29) is 4.90 Å². The van der Waals surface area contributed by atoms with Crippen molar-refractivity contribution in [1.82, 2.24) is 4.72 Å². The van der Waals surface area contributed by atoms with Crippen molar-refractivity contribution in [3.8, 4) is 17.2 Å². The molecule has 1 atom stereocenters. The summed E-state index contributed by atoms with van der Waals surface area (Å²) in [6.07, 6.45) is 0. The number of benzene rings is 2. The standard InChI is InChI=1S/C21H29NO5S/c1-7-26-18-10-9-17(13-20(18)27-8-2)16(5)22-28(23,24)21-12-14(3)19(25-6)11-15(21)4/h9-13,16,22H,7-8H2,1-6H3. The Morgan fingerprint density at radius 1 is 0.929 bits per heavy atom. The quantitative estimate of drug-likeness (QED) is 0.676. The molecule has 0 aliphatic heterocycles. The largest absolute Gasteiger partial charge is 0.496 e. The van der Waals surface area contributed by atoms with E-state index in [4.69, 9.17) is 14.2 Å². The minimum absolute atomic E-state index is 0.244. The van der Waals surface area contributed by atoms with Crippen molar-refractivity contribution in [2.45, 2.75) is 45.6 Å². The lowest BCUT2D eigenvalue weighted by molar-refractivity contribution is 0.287. The highest BCUT2D eigenvalue weighted by atomic mass is 32.2.